The number of aliphatic carboxylic acids is 1. The zero-order valence-electron chi connectivity index (χ0n) is 14.7. The van der Waals surface area contributed by atoms with Gasteiger partial charge in [-0.25, -0.2) is 8.93 Å². The lowest BCUT2D eigenvalue weighted by Gasteiger charge is -2.30. The number of carboxylic acid groups (broad SMARTS) is 1. The minimum Gasteiger partial charge on any atom is -0.481 e. The zero-order valence-corrected chi connectivity index (χ0v) is 16.3. The first-order valence-electron chi connectivity index (χ1n) is 7.73. The van der Waals surface area contributed by atoms with Crippen molar-refractivity contribution in [3.63, 3.8) is 0 Å². The van der Waals surface area contributed by atoms with Gasteiger partial charge in [0.25, 0.3) is 0 Å². The minimum atomic E-state index is -4.99. The first-order chi connectivity index (χ1) is 11.8. The maximum absolute atomic E-state index is 12.7. The summed E-state index contributed by atoms with van der Waals surface area (Å²) in [5.41, 5.74) is -0.196. The maximum atomic E-state index is 12.7. The Morgan fingerprint density at radius 2 is 1.92 bits per heavy atom. The quantitative estimate of drug-likeness (QED) is 0.690. The van der Waals surface area contributed by atoms with Crippen LogP contribution in [-0.2, 0) is 15.8 Å². The van der Waals surface area contributed by atoms with Crippen molar-refractivity contribution in [2.75, 3.05) is 0 Å². The van der Waals surface area contributed by atoms with Crippen LogP contribution in [0.2, 0.25) is 5.02 Å². The van der Waals surface area contributed by atoms with Crippen LogP contribution in [-0.4, -0.2) is 26.4 Å². The predicted molar refractivity (Wildman–Crippen MR) is 93.3 cm³/mol. The smallest absolute Gasteiger partial charge is 0.481 e. The number of benzene rings is 1. The van der Waals surface area contributed by atoms with Crippen LogP contribution in [0.1, 0.15) is 45.7 Å². The monoisotopic (exact) mass is 415 g/mol. The van der Waals surface area contributed by atoms with E-state index in [9.17, 15) is 27.3 Å². The Labute approximate surface area is 157 Å². The molecule has 0 aliphatic heterocycles. The molecule has 1 aromatic carbocycles. The van der Waals surface area contributed by atoms with E-state index in [0.717, 1.165) is 6.07 Å². The highest BCUT2D eigenvalue weighted by Crippen LogP contribution is 2.40. The van der Waals surface area contributed by atoms with Crippen LogP contribution in [0.25, 0.3) is 0 Å². The summed E-state index contributed by atoms with van der Waals surface area (Å²) in [5.74, 6) is -3.06. The second kappa shape index (κ2) is 8.58. The molecule has 0 aliphatic carbocycles. The van der Waals surface area contributed by atoms with Gasteiger partial charge in [0.1, 0.15) is 5.75 Å². The molecule has 148 valence electrons. The third-order valence-corrected chi connectivity index (χ3v) is 5.41. The van der Waals surface area contributed by atoms with E-state index in [1.165, 1.54) is 12.1 Å². The third kappa shape index (κ3) is 6.14. The van der Waals surface area contributed by atoms with Crippen LogP contribution in [0, 0.1) is 5.92 Å². The van der Waals surface area contributed by atoms with Crippen molar-refractivity contribution in [2.24, 2.45) is 5.92 Å². The normalized spacial score (nSPS) is 16.0. The SMILES string of the molecule is CC[C@@H](C(=O)O)C(N[S@@](=O)C(C)(C)C)c1c(Cl)cccc1OC(F)(F)F. The number of hydrogen-bond donors (Lipinski definition) is 2. The molecular formula is C16H21ClF3NO4S. The molecule has 0 amide bonds. The van der Waals surface area contributed by atoms with E-state index in [1.807, 2.05) is 0 Å². The van der Waals surface area contributed by atoms with Gasteiger partial charge in [0.05, 0.1) is 27.7 Å². The lowest BCUT2D eigenvalue weighted by molar-refractivity contribution is -0.275. The van der Waals surface area contributed by atoms with E-state index in [2.05, 4.69) is 9.46 Å². The number of rotatable bonds is 7. The predicted octanol–water partition coefficient (Wildman–Crippen LogP) is 4.44. The summed E-state index contributed by atoms with van der Waals surface area (Å²) in [6.45, 7) is 6.51. The van der Waals surface area contributed by atoms with Gasteiger partial charge in [0, 0.05) is 10.6 Å². The molecule has 3 atom stereocenters. The van der Waals surface area contributed by atoms with Gasteiger partial charge >= 0.3 is 12.3 Å². The Morgan fingerprint density at radius 3 is 2.35 bits per heavy atom. The second-order valence-electron chi connectivity index (χ2n) is 6.53. The molecule has 26 heavy (non-hydrogen) atoms. The Morgan fingerprint density at radius 1 is 1.35 bits per heavy atom. The largest absolute Gasteiger partial charge is 0.573 e. The summed E-state index contributed by atoms with van der Waals surface area (Å²) in [5, 5.41) is 9.37. The van der Waals surface area contributed by atoms with Gasteiger partial charge in [0.2, 0.25) is 0 Å². The Hall–Kier alpha value is -1.32. The molecule has 0 heterocycles. The van der Waals surface area contributed by atoms with Gasteiger partial charge < -0.3 is 9.84 Å². The molecule has 0 spiro atoms. The zero-order chi connectivity index (χ0) is 20.3. The molecule has 5 nitrogen and oxygen atoms in total. The highest BCUT2D eigenvalue weighted by Gasteiger charge is 2.38. The van der Waals surface area contributed by atoms with E-state index in [-0.39, 0.29) is 17.0 Å². The summed E-state index contributed by atoms with van der Waals surface area (Å²) < 4.78 is 56.6. The van der Waals surface area contributed by atoms with Gasteiger partial charge in [-0.15, -0.1) is 13.2 Å². The van der Waals surface area contributed by atoms with E-state index >= 15 is 0 Å². The number of hydrogen-bond acceptors (Lipinski definition) is 3. The lowest BCUT2D eigenvalue weighted by atomic mass is 9.91. The second-order valence-corrected chi connectivity index (χ2v) is 8.93. The number of halogens is 4. The van der Waals surface area contributed by atoms with Crippen molar-refractivity contribution in [1.82, 2.24) is 4.72 Å². The molecular weight excluding hydrogens is 395 g/mol. The number of carbonyl (C=O) groups is 1. The summed E-state index contributed by atoms with van der Waals surface area (Å²) in [7, 11) is -1.76. The van der Waals surface area contributed by atoms with Crippen LogP contribution in [0.15, 0.2) is 18.2 Å². The lowest BCUT2D eigenvalue weighted by Crippen LogP contribution is -2.40. The topological polar surface area (TPSA) is 75.6 Å². The van der Waals surface area contributed by atoms with Crippen LogP contribution < -0.4 is 9.46 Å². The summed E-state index contributed by atoms with van der Waals surface area (Å²) >= 11 is 6.08. The number of nitrogens with one attached hydrogen (secondary N) is 1. The van der Waals surface area contributed by atoms with Crippen LogP contribution in [0.4, 0.5) is 13.2 Å². The summed E-state index contributed by atoms with van der Waals surface area (Å²) in [6.07, 6.45) is -4.91. The Kier molecular flexibility index (Phi) is 7.50. The standard InChI is InChI=1S/C16H21ClF3NO4S/c1-5-9(14(22)23)13(21-26(24)15(2,3)4)12-10(17)7-6-8-11(12)25-16(18,19)20/h6-9,13,21H,5H2,1-4H3,(H,22,23)/t9-,13?,26+/m1/s1. The molecule has 0 aromatic heterocycles. The first-order valence-corrected chi connectivity index (χ1v) is 9.25. The average molecular weight is 416 g/mol. The van der Waals surface area contributed by atoms with Crippen molar-refractivity contribution >= 4 is 28.6 Å². The van der Waals surface area contributed by atoms with Crippen molar-refractivity contribution in [3.8, 4) is 5.75 Å². The number of carboxylic acids is 1. The molecule has 1 unspecified atom stereocenters. The molecule has 0 radical (unpaired) electrons. The highest BCUT2D eigenvalue weighted by molar-refractivity contribution is 7.84. The van der Waals surface area contributed by atoms with Gasteiger partial charge in [-0.05, 0) is 39.3 Å². The van der Waals surface area contributed by atoms with Crippen LogP contribution in [0.5, 0.6) is 5.75 Å². The third-order valence-electron chi connectivity index (χ3n) is 3.50. The molecule has 0 bridgehead atoms. The number of alkyl halides is 3. The first kappa shape index (κ1) is 22.7. The molecule has 1 aromatic rings. The molecule has 0 saturated heterocycles. The fraction of sp³-hybridized carbons (Fsp3) is 0.562. The summed E-state index contributed by atoms with van der Waals surface area (Å²) in [6, 6.07) is 2.37. The van der Waals surface area contributed by atoms with E-state index in [0.29, 0.717) is 0 Å². The van der Waals surface area contributed by atoms with E-state index < -0.39 is 45.8 Å². The molecule has 0 saturated carbocycles. The van der Waals surface area contributed by atoms with Gasteiger partial charge in [0.15, 0.2) is 0 Å². The fourth-order valence-electron chi connectivity index (χ4n) is 2.22. The van der Waals surface area contributed by atoms with Crippen LogP contribution >= 0.6 is 11.6 Å². The molecule has 0 aliphatic rings. The Balaban J connectivity index is 3.52. The molecule has 0 fully saturated rings. The van der Waals surface area contributed by atoms with E-state index in [4.69, 9.17) is 11.6 Å². The van der Waals surface area contributed by atoms with Crippen molar-refractivity contribution < 1.29 is 32.0 Å². The van der Waals surface area contributed by atoms with E-state index in [1.54, 1.807) is 27.7 Å². The molecule has 1 rings (SSSR count). The van der Waals surface area contributed by atoms with Crippen molar-refractivity contribution in [2.45, 2.75) is 51.3 Å². The minimum absolute atomic E-state index is 0.0744. The van der Waals surface area contributed by atoms with Crippen molar-refractivity contribution in [1.29, 1.82) is 0 Å². The van der Waals surface area contributed by atoms with Gasteiger partial charge in [-0.2, -0.15) is 0 Å². The number of ether oxygens (including phenoxy) is 1. The average Bonchev–Trinajstić information content (AvgIpc) is 2.44. The highest BCUT2D eigenvalue weighted by atomic mass is 35.5. The van der Waals surface area contributed by atoms with Gasteiger partial charge in [-0.1, -0.05) is 24.6 Å². The summed E-state index contributed by atoms with van der Waals surface area (Å²) in [4.78, 5) is 11.6. The maximum Gasteiger partial charge on any atom is 0.573 e. The fourth-order valence-corrected chi connectivity index (χ4v) is 3.37. The van der Waals surface area contributed by atoms with Crippen LogP contribution in [0.3, 0.4) is 0 Å². The molecule has 2 N–H and O–H groups in total. The Bertz CT molecular complexity index is 676. The molecule has 10 heteroatoms. The van der Waals surface area contributed by atoms with Gasteiger partial charge in [-0.3, -0.25) is 4.79 Å². The van der Waals surface area contributed by atoms with Crippen molar-refractivity contribution in [3.05, 3.63) is 28.8 Å².